The van der Waals surface area contributed by atoms with Gasteiger partial charge in [0.25, 0.3) is 15.7 Å². The van der Waals surface area contributed by atoms with Crippen molar-refractivity contribution in [1.29, 1.82) is 0 Å². The van der Waals surface area contributed by atoms with Crippen molar-refractivity contribution in [2.75, 3.05) is 13.7 Å². The molecule has 1 rings (SSSR count). The van der Waals surface area contributed by atoms with E-state index in [0.29, 0.717) is 11.3 Å². The van der Waals surface area contributed by atoms with Crippen LogP contribution in [0.2, 0.25) is 4.34 Å². The number of methoxy groups -OCH3 is 1. The Balaban J connectivity index is 3.26. The number of halogens is 1. The third kappa shape index (κ3) is 3.90. The fourth-order valence-corrected chi connectivity index (χ4v) is 4.82. The number of esters is 1. The first kappa shape index (κ1) is 17.8. The molecule has 1 aromatic rings. The summed E-state index contributed by atoms with van der Waals surface area (Å²) >= 11 is 6.24. The zero-order valence-electron chi connectivity index (χ0n) is 11.4. The van der Waals surface area contributed by atoms with Crippen LogP contribution < -0.4 is 0 Å². The molecule has 1 aromatic heterocycles. The number of nitrogens with zero attached hydrogens (tertiary/aromatic N) is 2. The van der Waals surface area contributed by atoms with Crippen molar-refractivity contribution in [2.45, 2.75) is 24.1 Å². The van der Waals surface area contributed by atoms with Crippen LogP contribution in [0.25, 0.3) is 0 Å². The highest BCUT2D eigenvalue weighted by Crippen LogP contribution is 2.37. The van der Waals surface area contributed by atoms with E-state index < -0.39 is 39.2 Å². The number of sulfonamides is 1. The fourth-order valence-electron chi connectivity index (χ4n) is 1.44. The molecule has 21 heavy (non-hydrogen) atoms. The molecule has 118 valence electrons. The van der Waals surface area contributed by atoms with E-state index in [1.165, 1.54) is 0 Å². The number of rotatable bonds is 6. The second-order valence-corrected chi connectivity index (χ2v) is 7.97. The summed E-state index contributed by atoms with van der Waals surface area (Å²) in [4.78, 5) is 21.3. The molecule has 0 bridgehead atoms. The Morgan fingerprint density at radius 3 is 2.52 bits per heavy atom. The van der Waals surface area contributed by atoms with Crippen molar-refractivity contribution in [3.8, 4) is 0 Å². The highest BCUT2D eigenvalue weighted by Gasteiger charge is 2.33. The fraction of sp³-hybridized carbons (Fsp3) is 0.500. The summed E-state index contributed by atoms with van der Waals surface area (Å²) in [5, 5.41) is 10.7. The Morgan fingerprint density at radius 2 is 2.14 bits per heavy atom. The predicted molar refractivity (Wildman–Crippen MR) is 77.0 cm³/mol. The lowest BCUT2D eigenvalue weighted by atomic mass is 10.4. The first-order chi connectivity index (χ1) is 9.61. The average Bonchev–Trinajstić information content (AvgIpc) is 2.77. The lowest BCUT2D eigenvalue weighted by Gasteiger charge is -2.23. The van der Waals surface area contributed by atoms with Crippen molar-refractivity contribution < 1.29 is 22.9 Å². The third-order valence-corrected chi connectivity index (χ3v) is 6.30. The number of carbonyl (C=O) groups is 1. The van der Waals surface area contributed by atoms with Gasteiger partial charge >= 0.3 is 5.97 Å². The molecule has 11 heteroatoms. The number of nitro groups is 1. The largest absolute Gasteiger partial charge is 0.468 e. The van der Waals surface area contributed by atoms with Crippen LogP contribution in [0, 0.1) is 10.1 Å². The zero-order valence-corrected chi connectivity index (χ0v) is 13.8. The molecule has 0 radical (unpaired) electrons. The summed E-state index contributed by atoms with van der Waals surface area (Å²) in [6.07, 6.45) is 0. The van der Waals surface area contributed by atoms with E-state index in [1.54, 1.807) is 13.8 Å². The van der Waals surface area contributed by atoms with Crippen molar-refractivity contribution in [1.82, 2.24) is 4.31 Å². The van der Waals surface area contributed by atoms with Crippen LogP contribution in [0.4, 0.5) is 5.69 Å². The molecule has 0 saturated carbocycles. The van der Waals surface area contributed by atoms with E-state index in [-0.39, 0.29) is 8.55 Å². The van der Waals surface area contributed by atoms with Crippen LogP contribution in [0.3, 0.4) is 0 Å². The van der Waals surface area contributed by atoms with Gasteiger partial charge in [-0.3, -0.25) is 14.9 Å². The average molecular weight is 357 g/mol. The van der Waals surface area contributed by atoms with Crippen LogP contribution >= 0.6 is 22.9 Å². The summed E-state index contributed by atoms with van der Waals surface area (Å²) in [5.41, 5.74) is -0.484. The minimum Gasteiger partial charge on any atom is -0.468 e. The molecule has 0 atom stereocenters. The first-order valence-electron chi connectivity index (χ1n) is 5.63. The molecule has 0 fully saturated rings. The highest BCUT2D eigenvalue weighted by molar-refractivity contribution is 7.91. The maximum Gasteiger partial charge on any atom is 0.321 e. The van der Waals surface area contributed by atoms with Gasteiger partial charge < -0.3 is 4.74 Å². The van der Waals surface area contributed by atoms with E-state index >= 15 is 0 Å². The molecule has 0 aliphatic heterocycles. The first-order valence-corrected chi connectivity index (χ1v) is 8.27. The van der Waals surface area contributed by atoms with E-state index in [0.717, 1.165) is 17.5 Å². The molecule has 0 aliphatic rings. The summed E-state index contributed by atoms with van der Waals surface area (Å²) in [6.45, 7) is 2.66. The van der Waals surface area contributed by atoms with Crippen LogP contribution in [-0.4, -0.2) is 43.3 Å². The van der Waals surface area contributed by atoms with Crippen molar-refractivity contribution in [3.05, 3.63) is 20.5 Å². The third-order valence-electron chi connectivity index (χ3n) is 2.49. The van der Waals surface area contributed by atoms with Gasteiger partial charge in [0, 0.05) is 12.1 Å². The van der Waals surface area contributed by atoms with Gasteiger partial charge in [0.2, 0.25) is 0 Å². The summed E-state index contributed by atoms with van der Waals surface area (Å²) in [7, 11) is -2.94. The second kappa shape index (κ2) is 6.69. The Bertz CT molecular complexity index is 655. The van der Waals surface area contributed by atoms with E-state index in [2.05, 4.69) is 4.74 Å². The Kier molecular flexibility index (Phi) is 5.68. The lowest BCUT2D eigenvalue weighted by Crippen LogP contribution is -2.40. The zero-order chi connectivity index (χ0) is 16.4. The molecule has 0 saturated heterocycles. The molecule has 0 aromatic carbocycles. The summed E-state index contributed by atoms with van der Waals surface area (Å²) in [5.74, 6) is -0.732. The Hall–Kier alpha value is -1.23. The standard InChI is InChI=1S/C10H13ClN2O6S2/c1-6(2)12(5-8(14)19-3)21(17,18)9-4-7(13(15)16)10(11)20-9/h4,6H,5H2,1-3H3. The quantitative estimate of drug-likeness (QED) is 0.437. The minimum atomic E-state index is -4.08. The number of thiophene rings is 1. The normalized spacial score (nSPS) is 11.9. The Morgan fingerprint density at radius 1 is 1.57 bits per heavy atom. The van der Waals surface area contributed by atoms with Gasteiger partial charge in [0.15, 0.2) is 4.34 Å². The smallest absolute Gasteiger partial charge is 0.321 e. The molecule has 0 unspecified atom stereocenters. The summed E-state index contributed by atoms with van der Waals surface area (Å²) in [6, 6.07) is 0.351. The van der Waals surface area contributed by atoms with Gasteiger partial charge in [-0.2, -0.15) is 4.31 Å². The van der Waals surface area contributed by atoms with Gasteiger partial charge in [-0.15, -0.1) is 11.3 Å². The van der Waals surface area contributed by atoms with Gasteiger partial charge in [0.1, 0.15) is 10.8 Å². The second-order valence-electron chi connectivity index (χ2n) is 4.20. The maximum absolute atomic E-state index is 12.5. The molecule has 0 N–H and O–H groups in total. The maximum atomic E-state index is 12.5. The number of ether oxygens (including phenoxy) is 1. The highest BCUT2D eigenvalue weighted by atomic mass is 35.5. The van der Waals surface area contributed by atoms with Crippen LogP contribution in [0.15, 0.2) is 10.3 Å². The lowest BCUT2D eigenvalue weighted by molar-refractivity contribution is -0.384. The SMILES string of the molecule is COC(=O)CN(C(C)C)S(=O)(=O)c1cc([N+](=O)[O-])c(Cl)s1. The number of hydrogen-bond acceptors (Lipinski definition) is 7. The molecule has 8 nitrogen and oxygen atoms in total. The predicted octanol–water partition coefficient (Wildman–Crippen LogP) is 1.88. The van der Waals surface area contributed by atoms with Gasteiger partial charge in [0.05, 0.1) is 12.0 Å². The molecule has 0 aliphatic carbocycles. The van der Waals surface area contributed by atoms with Crippen molar-refractivity contribution >= 4 is 44.6 Å². The van der Waals surface area contributed by atoms with E-state index in [4.69, 9.17) is 11.6 Å². The van der Waals surface area contributed by atoms with Crippen molar-refractivity contribution in [3.63, 3.8) is 0 Å². The van der Waals surface area contributed by atoms with Crippen LogP contribution in [-0.2, 0) is 19.6 Å². The van der Waals surface area contributed by atoms with E-state index in [9.17, 15) is 23.3 Å². The topological polar surface area (TPSA) is 107 Å². The molecule has 1 heterocycles. The van der Waals surface area contributed by atoms with Crippen LogP contribution in [0.5, 0.6) is 0 Å². The number of hydrogen-bond donors (Lipinski definition) is 0. The van der Waals surface area contributed by atoms with Gasteiger partial charge in [-0.25, -0.2) is 8.42 Å². The number of carbonyl (C=O) groups excluding carboxylic acids is 1. The van der Waals surface area contributed by atoms with Gasteiger partial charge in [-0.05, 0) is 13.8 Å². The van der Waals surface area contributed by atoms with E-state index in [1.807, 2.05) is 0 Å². The Labute approximate surface area is 130 Å². The molecular weight excluding hydrogens is 344 g/mol. The van der Waals surface area contributed by atoms with Gasteiger partial charge in [-0.1, -0.05) is 11.6 Å². The molecule has 0 spiro atoms. The monoisotopic (exact) mass is 356 g/mol. The molecule has 0 amide bonds. The van der Waals surface area contributed by atoms with Crippen LogP contribution in [0.1, 0.15) is 13.8 Å². The molecular formula is C10H13ClN2O6S2. The summed E-state index contributed by atoms with van der Waals surface area (Å²) < 4.78 is 29.7. The van der Waals surface area contributed by atoms with Crippen molar-refractivity contribution in [2.24, 2.45) is 0 Å². The minimum absolute atomic E-state index is 0.236.